The number of anilines is 1. The normalized spacial score (nSPS) is 15.4. The van der Waals surface area contributed by atoms with E-state index >= 15 is 0 Å². The zero-order valence-electron chi connectivity index (χ0n) is 9.06. The number of aromatic nitrogens is 4. The summed E-state index contributed by atoms with van der Waals surface area (Å²) in [5.41, 5.74) is 0.345. The first kappa shape index (κ1) is 9.78. The van der Waals surface area contributed by atoms with E-state index in [1.54, 1.807) is 12.4 Å². The van der Waals surface area contributed by atoms with Crippen LogP contribution in [0.3, 0.4) is 0 Å². The van der Waals surface area contributed by atoms with Gasteiger partial charge in [-0.3, -0.25) is 4.68 Å². The van der Waals surface area contributed by atoms with Gasteiger partial charge in [0.05, 0.1) is 18.4 Å². The van der Waals surface area contributed by atoms with Gasteiger partial charge in [-0.2, -0.15) is 10.4 Å². The van der Waals surface area contributed by atoms with Gasteiger partial charge in [-0.15, -0.1) is 0 Å². The summed E-state index contributed by atoms with van der Waals surface area (Å²) in [6.45, 7) is 1.75. The summed E-state index contributed by atoms with van der Waals surface area (Å²) in [4.78, 5) is 10.3. The van der Waals surface area contributed by atoms with E-state index in [-0.39, 0.29) is 0 Å². The average Bonchev–Trinajstić information content (AvgIpc) is 2.82. The van der Waals surface area contributed by atoms with E-state index in [1.807, 2.05) is 23.0 Å². The summed E-state index contributed by atoms with van der Waals surface area (Å²) in [5.74, 6) is 0.812. The Kier molecular flexibility index (Phi) is 2.22. The fourth-order valence-electron chi connectivity index (χ4n) is 1.85. The summed E-state index contributed by atoms with van der Waals surface area (Å²) in [6, 6.07) is 4.28. The first-order valence-electron chi connectivity index (χ1n) is 5.33. The van der Waals surface area contributed by atoms with E-state index in [2.05, 4.69) is 20.0 Å². The maximum atomic E-state index is 8.63. The van der Waals surface area contributed by atoms with E-state index in [1.165, 1.54) is 6.20 Å². The van der Waals surface area contributed by atoms with Crippen LogP contribution in [0.4, 0.5) is 5.82 Å². The van der Waals surface area contributed by atoms with Crippen LogP contribution in [0.15, 0.2) is 30.9 Å². The maximum Gasteiger partial charge on any atom is 0.158 e. The molecule has 3 heterocycles. The summed E-state index contributed by atoms with van der Waals surface area (Å²) in [6.07, 6.45) is 6.88. The van der Waals surface area contributed by atoms with Crippen molar-refractivity contribution in [2.45, 2.75) is 6.04 Å². The smallest absolute Gasteiger partial charge is 0.158 e. The fourth-order valence-corrected chi connectivity index (χ4v) is 1.85. The lowest BCUT2D eigenvalue weighted by atomic mass is 10.1. The topological polar surface area (TPSA) is 70.6 Å². The molecule has 3 rings (SSSR count). The van der Waals surface area contributed by atoms with Crippen molar-refractivity contribution in [2.24, 2.45) is 0 Å². The summed E-state index contributed by atoms with van der Waals surface area (Å²) in [5, 5.41) is 12.8. The lowest BCUT2D eigenvalue weighted by Gasteiger charge is -2.39. The van der Waals surface area contributed by atoms with Crippen molar-refractivity contribution in [1.29, 1.82) is 5.26 Å². The monoisotopic (exact) mass is 226 g/mol. The van der Waals surface area contributed by atoms with E-state index in [4.69, 9.17) is 5.26 Å². The second-order valence-electron chi connectivity index (χ2n) is 3.92. The summed E-state index contributed by atoms with van der Waals surface area (Å²) in [7, 11) is 0. The Bertz CT molecular complexity index is 532. The van der Waals surface area contributed by atoms with Gasteiger partial charge in [0.25, 0.3) is 0 Å². The minimum Gasteiger partial charge on any atom is -0.351 e. The quantitative estimate of drug-likeness (QED) is 0.750. The van der Waals surface area contributed by atoms with Crippen LogP contribution < -0.4 is 4.90 Å². The zero-order chi connectivity index (χ0) is 11.7. The Hall–Kier alpha value is -2.42. The van der Waals surface area contributed by atoms with Crippen molar-refractivity contribution < 1.29 is 0 Å². The fraction of sp³-hybridized carbons (Fsp3) is 0.273. The third-order valence-electron chi connectivity index (χ3n) is 2.84. The molecule has 1 fully saturated rings. The molecule has 1 aliphatic rings. The van der Waals surface area contributed by atoms with Gasteiger partial charge in [-0.05, 0) is 6.07 Å². The van der Waals surface area contributed by atoms with Gasteiger partial charge >= 0.3 is 0 Å². The van der Waals surface area contributed by atoms with Gasteiger partial charge in [0, 0.05) is 25.5 Å². The highest BCUT2D eigenvalue weighted by molar-refractivity contribution is 5.40. The molecular weight excluding hydrogens is 216 g/mol. The van der Waals surface area contributed by atoms with E-state index in [0.717, 1.165) is 18.9 Å². The molecule has 0 amide bonds. The molecule has 0 N–H and O–H groups in total. The minimum absolute atomic E-state index is 0.345. The molecule has 2 aromatic heterocycles. The average molecular weight is 226 g/mol. The van der Waals surface area contributed by atoms with Crippen molar-refractivity contribution in [2.75, 3.05) is 18.0 Å². The number of rotatable bonds is 2. The molecule has 6 nitrogen and oxygen atoms in total. The molecule has 17 heavy (non-hydrogen) atoms. The minimum atomic E-state index is 0.345. The standard InChI is InChI=1S/C11H10N6/c12-4-9-5-14-11(6-13-9)16-7-10(8-16)17-3-1-2-15-17/h1-3,5-6,10H,7-8H2. The molecule has 0 aromatic carbocycles. The van der Waals surface area contributed by atoms with Crippen LogP contribution in [0.25, 0.3) is 0 Å². The third-order valence-corrected chi connectivity index (χ3v) is 2.84. The summed E-state index contributed by atoms with van der Waals surface area (Å²) < 4.78 is 1.95. The predicted molar refractivity (Wildman–Crippen MR) is 60.2 cm³/mol. The Labute approximate surface area is 98.1 Å². The van der Waals surface area contributed by atoms with Crippen molar-refractivity contribution in [3.05, 3.63) is 36.5 Å². The van der Waals surface area contributed by atoms with E-state index in [9.17, 15) is 0 Å². The van der Waals surface area contributed by atoms with Gasteiger partial charge in [0.1, 0.15) is 11.9 Å². The van der Waals surface area contributed by atoms with Crippen molar-refractivity contribution in [3.63, 3.8) is 0 Å². The first-order chi connectivity index (χ1) is 8.36. The predicted octanol–water partition coefficient (Wildman–Crippen LogP) is 0.606. The highest BCUT2D eigenvalue weighted by atomic mass is 15.4. The Morgan fingerprint density at radius 1 is 1.29 bits per heavy atom. The number of nitrogens with zero attached hydrogens (tertiary/aromatic N) is 6. The van der Waals surface area contributed by atoms with Crippen molar-refractivity contribution in [3.8, 4) is 6.07 Å². The Morgan fingerprint density at radius 2 is 2.18 bits per heavy atom. The molecule has 1 aliphatic heterocycles. The number of hydrogen-bond donors (Lipinski definition) is 0. The molecule has 0 aliphatic carbocycles. The lowest BCUT2D eigenvalue weighted by Crippen LogP contribution is -2.48. The molecule has 0 bridgehead atoms. The molecule has 2 aromatic rings. The van der Waals surface area contributed by atoms with Gasteiger partial charge in [-0.25, -0.2) is 9.97 Å². The highest BCUT2D eigenvalue weighted by Crippen LogP contribution is 2.24. The van der Waals surface area contributed by atoms with Crippen LogP contribution in [0, 0.1) is 11.3 Å². The molecule has 0 unspecified atom stereocenters. The van der Waals surface area contributed by atoms with Gasteiger partial charge < -0.3 is 4.90 Å². The molecular formula is C11H10N6. The highest BCUT2D eigenvalue weighted by Gasteiger charge is 2.29. The number of nitriles is 1. The van der Waals surface area contributed by atoms with Gasteiger partial charge in [0.15, 0.2) is 5.69 Å². The van der Waals surface area contributed by atoms with Crippen molar-refractivity contribution >= 4 is 5.82 Å². The third kappa shape index (κ3) is 1.72. The molecule has 0 saturated carbocycles. The van der Waals surface area contributed by atoms with Crippen LogP contribution in [0.1, 0.15) is 11.7 Å². The Morgan fingerprint density at radius 3 is 2.76 bits per heavy atom. The summed E-state index contributed by atoms with van der Waals surface area (Å²) >= 11 is 0. The second-order valence-corrected chi connectivity index (χ2v) is 3.92. The van der Waals surface area contributed by atoms with Crippen molar-refractivity contribution in [1.82, 2.24) is 19.7 Å². The first-order valence-corrected chi connectivity index (χ1v) is 5.33. The maximum absolute atomic E-state index is 8.63. The van der Waals surface area contributed by atoms with Gasteiger partial charge in [-0.1, -0.05) is 0 Å². The van der Waals surface area contributed by atoms with Gasteiger partial charge in [0.2, 0.25) is 0 Å². The SMILES string of the molecule is N#Cc1cnc(N2CC(n3cccn3)C2)cn1. The van der Waals surface area contributed by atoms with Crippen LogP contribution in [0.2, 0.25) is 0 Å². The Balaban J connectivity index is 1.67. The molecule has 6 heteroatoms. The molecule has 0 atom stereocenters. The van der Waals surface area contributed by atoms with Crippen LogP contribution in [-0.4, -0.2) is 32.8 Å². The number of hydrogen-bond acceptors (Lipinski definition) is 5. The van der Waals surface area contributed by atoms with Crippen LogP contribution >= 0.6 is 0 Å². The molecule has 0 radical (unpaired) electrons. The zero-order valence-corrected chi connectivity index (χ0v) is 9.06. The van der Waals surface area contributed by atoms with E-state index in [0.29, 0.717) is 11.7 Å². The largest absolute Gasteiger partial charge is 0.351 e. The van der Waals surface area contributed by atoms with Crippen LogP contribution in [-0.2, 0) is 0 Å². The van der Waals surface area contributed by atoms with E-state index < -0.39 is 0 Å². The molecule has 84 valence electrons. The van der Waals surface area contributed by atoms with Crippen LogP contribution in [0.5, 0.6) is 0 Å². The lowest BCUT2D eigenvalue weighted by molar-refractivity contribution is 0.365. The molecule has 0 spiro atoms. The molecule has 1 saturated heterocycles. The second kappa shape index (κ2) is 3.87.